The van der Waals surface area contributed by atoms with Crippen LogP contribution >= 0.6 is 0 Å². The summed E-state index contributed by atoms with van der Waals surface area (Å²) >= 11 is 0. The number of aromatic nitrogens is 5. The molecule has 74 valence electrons. The van der Waals surface area contributed by atoms with E-state index in [1.807, 2.05) is 13.2 Å². The number of H-pyrrole nitrogens is 1. The van der Waals surface area contributed by atoms with Crippen molar-refractivity contribution in [1.82, 2.24) is 25.0 Å². The van der Waals surface area contributed by atoms with Gasteiger partial charge < -0.3 is 0 Å². The lowest BCUT2D eigenvalue weighted by atomic mass is 10.2. The zero-order valence-electron chi connectivity index (χ0n) is 8.52. The summed E-state index contributed by atoms with van der Waals surface area (Å²) in [6.07, 6.45) is 3.65. The van der Waals surface area contributed by atoms with Gasteiger partial charge in [-0.3, -0.25) is 9.78 Å². The first-order chi connectivity index (χ1) is 6.66. The predicted molar refractivity (Wildman–Crippen MR) is 52.7 cm³/mol. The minimum atomic E-state index is 0.368. The van der Waals surface area contributed by atoms with Gasteiger partial charge >= 0.3 is 0 Å². The van der Waals surface area contributed by atoms with Crippen LogP contribution in [0.25, 0.3) is 11.4 Å². The molecule has 5 nitrogen and oxygen atoms in total. The summed E-state index contributed by atoms with van der Waals surface area (Å²) in [4.78, 5) is 4.37. The van der Waals surface area contributed by atoms with Crippen molar-refractivity contribution in [3.05, 3.63) is 18.2 Å². The Labute approximate surface area is 82.2 Å². The average molecular weight is 191 g/mol. The Morgan fingerprint density at radius 2 is 2.21 bits per heavy atom. The van der Waals surface area contributed by atoms with Gasteiger partial charge in [0.15, 0.2) is 5.82 Å². The van der Waals surface area contributed by atoms with Gasteiger partial charge in [-0.25, -0.2) is 4.98 Å². The standard InChI is InChI=1S/C9H13N5/c1-6(2)8-11-9(13-12-8)7-4-10-14(3)5-7/h4-6H,1-3H3,(H,11,12,13). The molecule has 2 rings (SSSR count). The molecule has 0 amide bonds. The second-order valence-corrected chi connectivity index (χ2v) is 3.60. The SMILES string of the molecule is CC(C)c1nc(-c2cnn(C)c2)n[nH]1. The van der Waals surface area contributed by atoms with E-state index in [9.17, 15) is 0 Å². The third-order valence-corrected chi connectivity index (χ3v) is 2.01. The molecule has 14 heavy (non-hydrogen) atoms. The van der Waals surface area contributed by atoms with Crippen LogP contribution in [0.3, 0.4) is 0 Å². The molecule has 1 N–H and O–H groups in total. The lowest BCUT2D eigenvalue weighted by molar-refractivity contribution is 0.768. The molecule has 0 fully saturated rings. The van der Waals surface area contributed by atoms with Gasteiger partial charge in [0.1, 0.15) is 5.82 Å². The van der Waals surface area contributed by atoms with Crippen molar-refractivity contribution < 1.29 is 0 Å². The first kappa shape index (κ1) is 8.93. The fraction of sp³-hybridized carbons (Fsp3) is 0.444. The first-order valence-electron chi connectivity index (χ1n) is 4.58. The largest absolute Gasteiger partial charge is 0.275 e. The van der Waals surface area contributed by atoms with Gasteiger partial charge in [-0.2, -0.15) is 10.2 Å². The second-order valence-electron chi connectivity index (χ2n) is 3.60. The molecule has 2 aromatic rings. The molecule has 2 heterocycles. The summed E-state index contributed by atoms with van der Waals surface area (Å²) in [5.74, 6) is 1.98. The van der Waals surface area contributed by atoms with Crippen molar-refractivity contribution in [2.45, 2.75) is 19.8 Å². The summed E-state index contributed by atoms with van der Waals surface area (Å²) in [5.41, 5.74) is 0.940. The zero-order valence-corrected chi connectivity index (χ0v) is 8.52. The highest BCUT2D eigenvalue weighted by molar-refractivity contribution is 5.51. The molecular weight excluding hydrogens is 178 g/mol. The monoisotopic (exact) mass is 191 g/mol. The summed E-state index contributed by atoms with van der Waals surface area (Å²) < 4.78 is 1.74. The molecule has 0 aromatic carbocycles. The van der Waals surface area contributed by atoms with Gasteiger partial charge in [0.05, 0.1) is 11.8 Å². The fourth-order valence-electron chi connectivity index (χ4n) is 1.20. The molecule has 0 atom stereocenters. The van der Waals surface area contributed by atoms with E-state index in [1.54, 1.807) is 10.9 Å². The number of aromatic amines is 1. The maximum Gasteiger partial charge on any atom is 0.184 e. The Bertz CT molecular complexity index is 426. The Hall–Kier alpha value is -1.65. The molecule has 0 radical (unpaired) electrons. The van der Waals surface area contributed by atoms with Crippen LogP contribution in [0.15, 0.2) is 12.4 Å². The van der Waals surface area contributed by atoms with Crippen LogP contribution in [0.1, 0.15) is 25.6 Å². The Morgan fingerprint density at radius 3 is 2.71 bits per heavy atom. The smallest absolute Gasteiger partial charge is 0.184 e. The van der Waals surface area contributed by atoms with Gasteiger partial charge in [0.2, 0.25) is 0 Å². The molecular formula is C9H13N5. The van der Waals surface area contributed by atoms with Crippen molar-refractivity contribution in [3.8, 4) is 11.4 Å². The third kappa shape index (κ3) is 1.53. The van der Waals surface area contributed by atoms with Crippen molar-refractivity contribution in [3.63, 3.8) is 0 Å². The van der Waals surface area contributed by atoms with Crippen LogP contribution in [-0.4, -0.2) is 25.0 Å². The van der Waals surface area contributed by atoms with E-state index in [0.717, 1.165) is 11.4 Å². The summed E-state index contributed by atoms with van der Waals surface area (Å²) in [7, 11) is 1.87. The van der Waals surface area contributed by atoms with Crippen molar-refractivity contribution in [2.24, 2.45) is 7.05 Å². The highest BCUT2D eigenvalue weighted by Crippen LogP contribution is 2.15. The molecule has 5 heteroatoms. The lowest BCUT2D eigenvalue weighted by Gasteiger charge is -1.94. The zero-order chi connectivity index (χ0) is 10.1. The quantitative estimate of drug-likeness (QED) is 0.779. The normalized spacial score (nSPS) is 11.1. The number of rotatable bonds is 2. The van der Waals surface area contributed by atoms with Crippen molar-refractivity contribution in [1.29, 1.82) is 0 Å². The molecule has 0 aliphatic carbocycles. The number of nitrogens with one attached hydrogen (secondary N) is 1. The Kier molecular flexibility index (Phi) is 2.07. The van der Waals surface area contributed by atoms with Gasteiger partial charge in [-0.1, -0.05) is 13.8 Å². The molecule has 0 unspecified atom stereocenters. The van der Waals surface area contributed by atoms with Crippen LogP contribution in [-0.2, 0) is 7.05 Å². The Morgan fingerprint density at radius 1 is 1.43 bits per heavy atom. The molecule has 0 saturated carbocycles. The van der Waals surface area contributed by atoms with Crippen LogP contribution in [0.5, 0.6) is 0 Å². The number of aryl methyl sites for hydroxylation is 1. The second kappa shape index (κ2) is 3.25. The maximum absolute atomic E-state index is 4.37. The summed E-state index contributed by atoms with van der Waals surface area (Å²) in [5, 5.41) is 11.1. The van der Waals surface area contributed by atoms with Gasteiger partial charge in [-0.15, -0.1) is 0 Å². The molecule has 0 aliphatic rings. The topological polar surface area (TPSA) is 59.4 Å². The molecule has 0 aliphatic heterocycles. The van der Waals surface area contributed by atoms with Crippen LogP contribution in [0.4, 0.5) is 0 Å². The number of nitrogens with zero attached hydrogens (tertiary/aromatic N) is 4. The van der Waals surface area contributed by atoms with Gasteiger partial charge in [0, 0.05) is 19.2 Å². The summed E-state index contributed by atoms with van der Waals surface area (Å²) in [6, 6.07) is 0. The van der Waals surface area contributed by atoms with E-state index in [1.165, 1.54) is 0 Å². The van der Waals surface area contributed by atoms with Gasteiger partial charge in [0.25, 0.3) is 0 Å². The predicted octanol–water partition coefficient (Wildman–Crippen LogP) is 1.33. The minimum Gasteiger partial charge on any atom is -0.275 e. The van der Waals surface area contributed by atoms with Crippen molar-refractivity contribution in [2.75, 3.05) is 0 Å². The molecule has 2 aromatic heterocycles. The molecule has 0 bridgehead atoms. The van der Waals surface area contributed by atoms with E-state index in [4.69, 9.17) is 0 Å². The first-order valence-corrected chi connectivity index (χ1v) is 4.58. The number of hydrogen-bond donors (Lipinski definition) is 1. The maximum atomic E-state index is 4.37. The number of hydrogen-bond acceptors (Lipinski definition) is 3. The highest BCUT2D eigenvalue weighted by Gasteiger charge is 2.09. The van der Waals surface area contributed by atoms with Crippen LogP contribution in [0, 0.1) is 0 Å². The van der Waals surface area contributed by atoms with Crippen LogP contribution < -0.4 is 0 Å². The van der Waals surface area contributed by atoms with Crippen LogP contribution in [0.2, 0.25) is 0 Å². The molecule has 0 saturated heterocycles. The van der Waals surface area contributed by atoms with E-state index in [0.29, 0.717) is 11.7 Å². The lowest BCUT2D eigenvalue weighted by Crippen LogP contribution is -1.89. The van der Waals surface area contributed by atoms with E-state index >= 15 is 0 Å². The van der Waals surface area contributed by atoms with E-state index < -0.39 is 0 Å². The van der Waals surface area contributed by atoms with Crippen molar-refractivity contribution >= 4 is 0 Å². The highest BCUT2D eigenvalue weighted by atomic mass is 15.3. The van der Waals surface area contributed by atoms with E-state index in [2.05, 4.69) is 34.1 Å². The fourth-order valence-corrected chi connectivity index (χ4v) is 1.20. The van der Waals surface area contributed by atoms with E-state index in [-0.39, 0.29) is 0 Å². The average Bonchev–Trinajstić information content (AvgIpc) is 2.70. The van der Waals surface area contributed by atoms with Gasteiger partial charge in [-0.05, 0) is 0 Å². The Balaban J connectivity index is 2.33. The minimum absolute atomic E-state index is 0.368. The molecule has 0 spiro atoms. The third-order valence-electron chi connectivity index (χ3n) is 2.01. The summed E-state index contributed by atoms with van der Waals surface area (Å²) in [6.45, 7) is 4.15.